The summed E-state index contributed by atoms with van der Waals surface area (Å²) in [7, 11) is 0. The van der Waals surface area contributed by atoms with Gasteiger partial charge in [-0.15, -0.1) is 0 Å². The van der Waals surface area contributed by atoms with Gasteiger partial charge in [-0.05, 0) is 19.8 Å². The molecule has 0 aliphatic carbocycles. The first-order valence-corrected chi connectivity index (χ1v) is 4.98. The minimum atomic E-state index is -0.345. The van der Waals surface area contributed by atoms with Crippen LogP contribution in [0.25, 0.3) is 0 Å². The molecule has 5 nitrogen and oxygen atoms in total. The second kappa shape index (κ2) is 4.35. The molecule has 1 amide bonds. The summed E-state index contributed by atoms with van der Waals surface area (Å²) in [5, 5.41) is 2.67. The van der Waals surface area contributed by atoms with Crippen LogP contribution in [0, 0.1) is 0 Å². The van der Waals surface area contributed by atoms with E-state index in [2.05, 4.69) is 15.3 Å². The highest BCUT2D eigenvalue weighted by atomic mass is 16.5. The Bertz CT molecular complexity index is 342. The van der Waals surface area contributed by atoms with E-state index in [1.165, 1.54) is 12.4 Å². The molecule has 5 heteroatoms. The zero-order valence-electron chi connectivity index (χ0n) is 8.51. The van der Waals surface area contributed by atoms with E-state index in [1.807, 2.05) is 6.92 Å². The van der Waals surface area contributed by atoms with Gasteiger partial charge >= 0.3 is 0 Å². The van der Waals surface area contributed by atoms with Crippen molar-refractivity contribution in [1.82, 2.24) is 9.97 Å². The molecule has 80 valence electrons. The average molecular weight is 207 g/mol. The SMILES string of the molecule is C[C@@H]1CC[C@H](C(=O)Nc2cnccn2)O1. The second-order valence-corrected chi connectivity index (χ2v) is 3.59. The van der Waals surface area contributed by atoms with Crippen LogP contribution in [-0.2, 0) is 9.53 Å². The molecule has 2 atom stereocenters. The van der Waals surface area contributed by atoms with Gasteiger partial charge in [-0.1, -0.05) is 0 Å². The molecule has 0 spiro atoms. The number of rotatable bonds is 2. The minimum absolute atomic E-state index is 0.139. The summed E-state index contributed by atoms with van der Waals surface area (Å²) in [5.74, 6) is 0.325. The summed E-state index contributed by atoms with van der Waals surface area (Å²) in [4.78, 5) is 19.5. The van der Waals surface area contributed by atoms with E-state index in [0.29, 0.717) is 5.82 Å². The zero-order chi connectivity index (χ0) is 10.7. The Morgan fingerprint density at radius 1 is 1.53 bits per heavy atom. The van der Waals surface area contributed by atoms with Crippen molar-refractivity contribution in [2.75, 3.05) is 5.32 Å². The molecule has 0 unspecified atom stereocenters. The van der Waals surface area contributed by atoms with Gasteiger partial charge in [0.2, 0.25) is 0 Å². The third-order valence-electron chi connectivity index (χ3n) is 2.34. The molecule has 2 heterocycles. The van der Waals surface area contributed by atoms with E-state index >= 15 is 0 Å². The Kier molecular flexibility index (Phi) is 2.91. The van der Waals surface area contributed by atoms with E-state index in [9.17, 15) is 4.79 Å². The molecule has 0 aromatic carbocycles. The van der Waals surface area contributed by atoms with Crippen molar-refractivity contribution in [1.29, 1.82) is 0 Å². The number of hydrogen-bond donors (Lipinski definition) is 1. The Hall–Kier alpha value is -1.49. The van der Waals surface area contributed by atoms with E-state index in [-0.39, 0.29) is 18.1 Å². The maximum absolute atomic E-state index is 11.7. The topological polar surface area (TPSA) is 64.1 Å². The van der Waals surface area contributed by atoms with Gasteiger partial charge < -0.3 is 10.1 Å². The highest BCUT2D eigenvalue weighted by molar-refractivity contribution is 5.93. The molecular weight excluding hydrogens is 194 g/mol. The van der Waals surface area contributed by atoms with Crippen LogP contribution in [0.3, 0.4) is 0 Å². The van der Waals surface area contributed by atoms with Gasteiger partial charge in [0.05, 0.1) is 12.3 Å². The number of hydrogen-bond acceptors (Lipinski definition) is 4. The Morgan fingerprint density at radius 2 is 2.40 bits per heavy atom. The molecule has 15 heavy (non-hydrogen) atoms. The molecule has 1 N–H and O–H groups in total. The van der Waals surface area contributed by atoms with Crippen molar-refractivity contribution in [3.8, 4) is 0 Å². The van der Waals surface area contributed by atoms with Crippen LogP contribution in [-0.4, -0.2) is 28.1 Å². The van der Waals surface area contributed by atoms with Crippen molar-refractivity contribution in [3.63, 3.8) is 0 Å². The summed E-state index contributed by atoms with van der Waals surface area (Å²) in [6, 6.07) is 0. The first-order valence-electron chi connectivity index (χ1n) is 4.98. The van der Waals surface area contributed by atoms with Gasteiger partial charge in [-0.3, -0.25) is 9.78 Å². The Balaban J connectivity index is 1.93. The molecule has 0 saturated carbocycles. The van der Waals surface area contributed by atoms with Gasteiger partial charge in [0, 0.05) is 12.4 Å². The maximum Gasteiger partial charge on any atom is 0.254 e. The fourth-order valence-corrected chi connectivity index (χ4v) is 1.57. The Labute approximate surface area is 87.9 Å². The fraction of sp³-hybridized carbons (Fsp3) is 0.500. The first-order chi connectivity index (χ1) is 7.25. The molecule has 1 aromatic heterocycles. The molecule has 0 bridgehead atoms. The smallest absolute Gasteiger partial charge is 0.254 e. The minimum Gasteiger partial charge on any atom is -0.365 e. The highest BCUT2D eigenvalue weighted by Gasteiger charge is 2.28. The molecule has 0 radical (unpaired) electrons. The average Bonchev–Trinajstić information content (AvgIpc) is 2.66. The van der Waals surface area contributed by atoms with Gasteiger partial charge in [0.15, 0.2) is 5.82 Å². The van der Waals surface area contributed by atoms with Crippen LogP contribution in [0.5, 0.6) is 0 Å². The first kappa shape index (κ1) is 10.0. The molecule has 2 rings (SSSR count). The summed E-state index contributed by atoms with van der Waals surface area (Å²) in [6.07, 6.45) is 6.13. The lowest BCUT2D eigenvalue weighted by Gasteiger charge is -2.10. The Morgan fingerprint density at radius 3 is 3.00 bits per heavy atom. The number of nitrogens with one attached hydrogen (secondary N) is 1. The van der Waals surface area contributed by atoms with Crippen molar-refractivity contribution >= 4 is 11.7 Å². The lowest BCUT2D eigenvalue weighted by atomic mass is 10.2. The predicted molar refractivity (Wildman–Crippen MR) is 54.2 cm³/mol. The van der Waals surface area contributed by atoms with Crippen LogP contribution in [0.2, 0.25) is 0 Å². The number of nitrogens with zero attached hydrogens (tertiary/aromatic N) is 2. The van der Waals surface area contributed by atoms with Crippen LogP contribution in [0.1, 0.15) is 19.8 Å². The van der Waals surface area contributed by atoms with Gasteiger partial charge in [-0.25, -0.2) is 4.98 Å². The quantitative estimate of drug-likeness (QED) is 0.785. The van der Waals surface area contributed by atoms with Crippen molar-refractivity contribution in [3.05, 3.63) is 18.6 Å². The van der Waals surface area contributed by atoms with Crippen LogP contribution < -0.4 is 5.32 Å². The van der Waals surface area contributed by atoms with Crippen molar-refractivity contribution in [2.45, 2.75) is 32.0 Å². The van der Waals surface area contributed by atoms with Crippen molar-refractivity contribution in [2.24, 2.45) is 0 Å². The lowest BCUT2D eigenvalue weighted by molar-refractivity contribution is -0.126. The van der Waals surface area contributed by atoms with Gasteiger partial charge in [0.1, 0.15) is 6.10 Å². The number of anilines is 1. The fourth-order valence-electron chi connectivity index (χ4n) is 1.57. The monoisotopic (exact) mass is 207 g/mol. The number of aromatic nitrogens is 2. The molecule has 1 saturated heterocycles. The van der Waals surface area contributed by atoms with Crippen molar-refractivity contribution < 1.29 is 9.53 Å². The van der Waals surface area contributed by atoms with Crippen LogP contribution in [0.4, 0.5) is 5.82 Å². The van der Waals surface area contributed by atoms with E-state index in [1.54, 1.807) is 6.20 Å². The van der Waals surface area contributed by atoms with E-state index in [4.69, 9.17) is 4.74 Å². The predicted octanol–water partition coefficient (Wildman–Crippen LogP) is 0.983. The third kappa shape index (κ3) is 2.50. The van der Waals surface area contributed by atoms with Crippen LogP contribution >= 0.6 is 0 Å². The lowest BCUT2D eigenvalue weighted by Crippen LogP contribution is -2.28. The summed E-state index contributed by atoms with van der Waals surface area (Å²) >= 11 is 0. The van der Waals surface area contributed by atoms with E-state index < -0.39 is 0 Å². The van der Waals surface area contributed by atoms with Gasteiger partial charge in [0.25, 0.3) is 5.91 Å². The second-order valence-electron chi connectivity index (χ2n) is 3.59. The normalized spacial score (nSPS) is 25.1. The van der Waals surface area contributed by atoms with Gasteiger partial charge in [-0.2, -0.15) is 0 Å². The summed E-state index contributed by atoms with van der Waals surface area (Å²) in [6.45, 7) is 1.97. The highest BCUT2D eigenvalue weighted by Crippen LogP contribution is 2.19. The maximum atomic E-state index is 11.7. The molecule has 1 aromatic rings. The molecule has 1 aliphatic heterocycles. The standard InChI is InChI=1S/C10H13N3O2/c1-7-2-3-8(15-7)10(14)13-9-6-11-4-5-12-9/h4-8H,2-3H2,1H3,(H,12,13,14)/t7-,8-/m1/s1. The number of ether oxygens (including phenoxy) is 1. The largest absolute Gasteiger partial charge is 0.365 e. The third-order valence-corrected chi connectivity index (χ3v) is 2.34. The number of amides is 1. The molecule has 1 aliphatic rings. The van der Waals surface area contributed by atoms with E-state index in [0.717, 1.165) is 12.8 Å². The number of carbonyl (C=O) groups excluding carboxylic acids is 1. The summed E-state index contributed by atoms with van der Waals surface area (Å²) in [5.41, 5.74) is 0. The van der Waals surface area contributed by atoms with Crippen LogP contribution in [0.15, 0.2) is 18.6 Å². The molecular formula is C10H13N3O2. The summed E-state index contributed by atoms with van der Waals surface area (Å²) < 4.78 is 5.44. The molecule has 1 fully saturated rings. The zero-order valence-corrected chi connectivity index (χ0v) is 8.51. The number of carbonyl (C=O) groups is 1.